The third-order valence-electron chi connectivity index (χ3n) is 2.64. The maximum absolute atomic E-state index is 11.0. The highest BCUT2D eigenvalue weighted by Gasteiger charge is 2.20. The summed E-state index contributed by atoms with van der Waals surface area (Å²) in [5, 5.41) is 3.08. The van der Waals surface area contributed by atoms with E-state index in [1.165, 1.54) is 0 Å². The Balaban J connectivity index is 2.82. The highest BCUT2D eigenvalue weighted by Crippen LogP contribution is 2.24. The van der Waals surface area contributed by atoms with Crippen LogP contribution in [-0.2, 0) is 15.4 Å². The summed E-state index contributed by atoms with van der Waals surface area (Å²) in [6.45, 7) is 8.55. The first-order valence-corrected chi connectivity index (χ1v) is 8.23. The SMILES string of the molecule is Cc1c(N)nc(C(C)(C)C)nc1NCCNS(C)(=O)=O. The van der Waals surface area contributed by atoms with Crippen molar-refractivity contribution in [3.8, 4) is 0 Å². The Labute approximate surface area is 120 Å². The number of rotatable bonds is 5. The zero-order valence-electron chi connectivity index (χ0n) is 12.6. The predicted molar refractivity (Wildman–Crippen MR) is 81.2 cm³/mol. The minimum atomic E-state index is -3.18. The van der Waals surface area contributed by atoms with E-state index in [1.54, 1.807) is 0 Å². The molecule has 0 spiro atoms. The van der Waals surface area contributed by atoms with Crippen molar-refractivity contribution >= 4 is 21.7 Å². The van der Waals surface area contributed by atoms with Gasteiger partial charge in [0, 0.05) is 24.1 Å². The number of nitrogens with two attached hydrogens (primary N) is 1. The van der Waals surface area contributed by atoms with Gasteiger partial charge in [-0.15, -0.1) is 0 Å². The van der Waals surface area contributed by atoms with Crippen LogP contribution in [0.3, 0.4) is 0 Å². The fourth-order valence-electron chi connectivity index (χ4n) is 1.46. The van der Waals surface area contributed by atoms with Crippen LogP contribution in [0.25, 0.3) is 0 Å². The molecule has 8 heteroatoms. The molecule has 0 fully saturated rings. The van der Waals surface area contributed by atoms with Gasteiger partial charge in [0.15, 0.2) is 0 Å². The van der Waals surface area contributed by atoms with Crippen molar-refractivity contribution in [2.24, 2.45) is 0 Å². The average molecular weight is 301 g/mol. The molecule has 0 atom stereocenters. The molecule has 1 aromatic rings. The van der Waals surface area contributed by atoms with E-state index in [0.717, 1.165) is 11.8 Å². The lowest BCUT2D eigenvalue weighted by Gasteiger charge is -2.19. The Morgan fingerprint density at radius 1 is 1.20 bits per heavy atom. The summed E-state index contributed by atoms with van der Waals surface area (Å²) < 4.78 is 24.3. The lowest BCUT2D eigenvalue weighted by Crippen LogP contribution is -2.28. The van der Waals surface area contributed by atoms with Gasteiger partial charge in [0.05, 0.1) is 6.26 Å². The molecule has 0 radical (unpaired) electrons. The van der Waals surface area contributed by atoms with Crippen LogP contribution in [0.1, 0.15) is 32.2 Å². The van der Waals surface area contributed by atoms with Crippen LogP contribution in [0.4, 0.5) is 11.6 Å². The number of nitrogens with one attached hydrogen (secondary N) is 2. The number of nitrogens with zero attached hydrogens (tertiary/aromatic N) is 2. The zero-order valence-corrected chi connectivity index (χ0v) is 13.4. The van der Waals surface area contributed by atoms with Crippen molar-refractivity contribution in [3.63, 3.8) is 0 Å². The molecule has 1 rings (SSSR count). The predicted octanol–water partition coefficient (Wildman–Crippen LogP) is 0.626. The lowest BCUT2D eigenvalue weighted by atomic mass is 9.95. The van der Waals surface area contributed by atoms with E-state index in [0.29, 0.717) is 24.0 Å². The van der Waals surface area contributed by atoms with Gasteiger partial charge in [0.25, 0.3) is 0 Å². The number of sulfonamides is 1. The van der Waals surface area contributed by atoms with E-state index in [-0.39, 0.29) is 12.0 Å². The molecule has 20 heavy (non-hydrogen) atoms. The van der Waals surface area contributed by atoms with E-state index in [9.17, 15) is 8.42 Å². The maximum Gasteiger partial charge on any atom is 0.208 e. The first-order valence-electron chi connectivity index (χ1n) is 6.34. The summed E-state index contributed by atoms with van der Waals surface area (Å²) in [7, 11) is -3.18. The van der Waals surface area contributed by atoms with E-state index in [1.807, 2.05) is 27.7 Å². The molecular weight excluding hydrogens is 278 g/mol. The number of nitrogen functional groups attached to an aromatic ring is 1. The molecule has 1 heterocycles. The molecule has 4 N–H and O–H groups in total. The molecule has 0 aromatic carbocycles. The minimum absolute atomic E-state index is 0.205. The Bertz CT molecular complexity index is 578. The Kier molecular flexibility index (Phi) is 4.93. The van der Waals surface area contributed by atoms with E-state index < -0.39 is 10.0 Å². The smallest absolute Gasteiger partial charge is 0.208 e. The van der Waals surface area contributed by atoms with Gasteiger partial charge in [0.1, 0.15) is 17.5 Å². The van der Waals surface area contributed by atoms with Crippen molar-refractivity contribution < 1.29 is 8.42 Å². The molecule has 7 nitrogen and oxygen atoms in total. The molecule has 0 aliphatic rings. The van der Waals surface area contributed by atoms with Gasteiger partial charge in [-0.1, -0.05) is 20.8 Å². The number of hydrogen-bond acceptors (Lipinski definition) is 6. The van der Waals surface area contributed by atoms with Crippen molar-refractivity contribution in [1.29, 1.82) is 0 Å². The molecule has 0 saturated heterocycles. The van der Waals surface area contributed by atoms with Crippen LogP contribution < -0.4 is 15.8 Å². The second kappa shape index (κ2) is 5.92. The largest absolute Gasteiger partial charge is 0.383 e. The van der Waals surface area contributed by atoms with Gasteiger partial charge in [-0.05, 0) is 6.92 Å². The molecule has 0 amide bonds. The number of hydrogen-bond donors (Lipinski definition) is 3. The lowest BCUT2D eigenvalue weighted by molar-refractivity contribution is 0.546. The minimum Gasteiger partial charge on any atom is -0.383 e. The highest BCUT2D eigenvalue weighted by atomic mass is 32.2. The maximum atomic E-state index is 11.0. The van der Waals surface area contributed by atoms with Gasteiger partial charge in [-0.3, -0.25) is 0 Å². The Morgan fingerprint density at radius 3 is 2.30 bits per heavy atom. The first-order chi connectivity index (χ1) is 9.00. The van der Waals surface area contributed by atoms with E-state index in [4.69, 9.17) is 5.73 Å². The summed E-state index contributed by atoms with van der Waals surface area (Å²) in [5.41, 5.74) is 6.45. The second-order valence-electron chi connectivity index (χ2n) is 5.75. The first kappa shape index (κ1) is 16.6. The fraction of sp³-hybridized carbons (Fsp3) is 0.667. The van der Waals surface area contributed by atoms with Crippen LogP contribution in [0.15, 0.2) is 0 Å². The third-order valence-corrected chi connectivity index (χ3v) is 3.36. The third kappa shape index (κ3) is 4.93. The molecule has 1 aromatic heterocycles. The van der Waals surface area contributed by atoms with E-state index in [2.05, 4.69) is 20.0 Å². The van der Waals surface area contributed by atoms with Gasteiger partial charge in [-0.2, -0.15) is 0 Å². The van der Waals surface area contributed by atoms with Gasteiger partial charge in [-0.25, -0.2) is 23.1 Å². The van der Waals surface area contributed by atoms with Crippen molar-refractivity contribution in [2.75, 3.05) is 30.4 Å². The molecule has 114 valence electrons. The second-order valence-corrected chi connectivity index (χ2v) is 7.58. The summed E-state index contributed by atoms with van der Waals surface area (Å²) in [6, 6.07) is 0. The molecule has 0 unspecified atom stereocenters. The van der Waals surface area contributed by atoms with E-state index >= 15 is 0 Å². The van der Waals surface area contributed by atoms with Crippen LogP contribution in [-0.4, -0.2) is 37.7 Å². The summed E-state index contributed by atoms with van der Waals surface area (Å²) in [5.74, 6) is 1.72. The van der Waals surface area contributed by atoms with Crippen LogP contribution in [0.5, 0.6) is 0 Å². The molecule has 0 aliphatic carbocycles. The standard InChI is InChI=1S/C12H23N5O2S/c1-8-9(13)16-11(12(2,3)4)17-10(8)14-6-7-15-20(5,18)19/h15H,6-7H2,1-5H3,(H3,13,14,16,17). The topological polar surface area (TPSA) is 110 Å². The quantitative estimate of drug-likeness (QED) is 0.688. The van der Waals surface area contributed by atoms with Crippen LogP contribution in [0, 0.1) is 6.92 Å². The summed E-state index contributed by atoms with van der Waals surface area (Å²) in [6.07, 6.45) is 1.12. The normalized spacial score (nSPS) is 12.4. The highest BCUT2D eigenvalue weighted by molar-refractivity contribution is 7.88. The van der Waals surface area contributed by atoms with Crippen molar-refractivity contribution in [3.05, 3.63) is 11.4 Å². The average Bonchev–Trinajstić information content (AvgIpc) is 2.26. The van der Waals surface area contributed by atoms with Crippen LogP contribution >= 0.6 is 0 Å². The van der Waals surface area contributed by atoms with Crippen molar-refractivity contribution in [2.45, 2.75) is 33.1 Å². The zero-order chi connectivity index (χ0) is 15.6. The fourth-order valence-corrected chi connectivity index (χ4v) is 1.93. The molecular formula is C12H23N5O2S. The molecule has 0 saturated carbocycles. The van der Waals surface area contributed by atoms with Gasteiger partial charge in [0.2, 0.25) is 10.0 Å². The van der Waals surface area contributed by atoms with Gasteiger partial charge < -0.3 is 11.1 Å². The number of anilines is 2. The van der Waals surface area contributed by atoms with Crippen LogP contribution in [0.2, 0.25) is 0 Å². The Morgan fingerprint density at radius 2 is 1.80 bits per heavy atom. The summed E-state index contributed by atoms with van der Waals surface area (Å²) >= 11 is 0. The monoisotopic (exact) mass is 301 g/mol. The molecule has 0 bridgehead atoms. The molecule has 0 aliphatic heterocycles. The number of aromatic nitrogens is 2. The van der Waals surface area contributed by atoms with Crippen molar-refractivity contribution in [1.82, 2.24) is 14.7 Å². The Hall–Kier alpha value is -1.41. The summed E-state index contributed by atoms with van der Waals surface area (Å²) in [4.78, 5) is 8.75. The van der Waals surface area contributed by atoms with Gasteiger partial charge >= 0.3 is 0 Å².